The molecule has 0 aliphatic carbocycles. The minimum Gasteiger partial charge on any atom is -0.594 e. The molecule has 0 aliphatic heterocycles. The highest BCUT2D eigenvalue weighted by molar-refractivity contribution is 5.53. The van der Waals surface area contributed by atoms with Gasteiger partial charge in [-0.3, -0.25) is 0 Å². The van der Waals surface area contributed by atoms with Crippen LogP contribution in [0.2, 0.25) is 0 Å². The van der Waals surface area contributed by atoms with E-state index in [-0.39, 0.29) is 0 Å². The van der Waals surface area contributed by atoms with Crippen LogP contribution in [0, 0.1) is 12.1 Å². The first-order valence-corrected chi connectivity index (χ1v) is 12.5. The molecule has 0 amide bonds. The van der Waals surface area contributed by atoms with E-state index in [1.54, 1.807) is 42.5 Å². The maximum Gasteiger partial charge on any atom is 0.245 e. The highest BCUT2D eigenvalue weighted by atomic mass is 16.5. The molecule has 5 rings (SSSR count). The van der Waals surface area contributed by atoms with E-state index in [4.69, 9.17) is 0 Å². The molecule has 0 radical (unpaired) electrons. The summed E-state index contributed by atoms with van der Waals surface area (Å²) in [6.45, 7) is 1.87. The second-order valence-electron chi connectivity index (χ2n) is 8.65. The Labute approximate surface area is 231 Å². The minimum absolute atomic E-state index is 0.387. The summed E-state index contributed by atoms with van der Waals surface area (Å²) < 4.78 is 0. The first kappa shape index (κ1) is 25.9. The summed E-state index contributed by atoms with van der Waals surface area (Å²) in [6.07, 6.45) is 0. The molecule has 0 aliphatic rings. The minimum atomic E-state index is 0.387. The van der Waals surface area contributed by atoms with Gasteiger partial charge in [-0.05, 0) is 91.3 Å². The van der Waals surface area contributed by atoms with Crippen molar-refractivity contribution in [1.82, 2.24) is 0 Å². The largest absolute Gasteiger partial charge is 0.594 e. The van der Waals surface area contributed by atoms with E-state index in [0.717, 1.165) is 16.9 Å². The average molecular weight is 525 g/mol. The summed E-state index contributed by atoms with van der Waals surface area (Å²) in [4.78, 5) is 0.580. The number of rotatable bonds is 8. The molecule has 0 fully saturated rings. The van der Waals surface area contributed by atoms with E-state index in [1.807, 2.05) is 91.9 Å². The van der Waals surface area contributed by atoms with Crippen LogP contribution >= 0.6 is 0 Å². The lowest BCUT2D eigenvalue weighted by Gasteiger charge is -2.03. The lowest BCUT2D eigenvalue weighted by molar-refractivity contribution is -0.435. The summed E-state index contributed by atoms with van der Waals surface area (Å²) in [7, 11) is 0. The molecule has 0 spiro atoms. The van der Waals surface area contributed by atoms with Crippen molar-refractivity contribution in [3.8, 4) is 0 Å². The Morgan fingerprint density at radius 2 is 0.850 bits per heavy atom. The van der Waals surface area contributed by atoms with Crippen LogP contribution in [-0.4, -0.2) is 4.86 Å². The monoisotopic (exact) mass is 524 g/mol. The van der Waals surface area contributed by atoms with Gasteiger partial charge in [-0.1, -0.05) is 41.3 Å². The number of aryl methyl sites for hydroxylation is 1. The molecular formula is C31H24N8O. The molecule has 0 N–H and O–H groups in total. The van der Waals surface area contributed by atoms with Gasteiger partial charge in [-0.2, -0.15) is 30.7 Å². The zero-order valence-corrected chi connectivity index (χ0v) is 21.6. The van der Waals surface area contributed by atoms with Crippen molar-refractivity contribution < 1.29 is 4.86 Å². The van der Waals surface area contributed by atoms with Gasteiger partial charge in [0.05, 0.1) is 34.1 Å². The van der Waals surface area contributed by atoms with Gasteiger partial charge in [0.25, 0.3) is 0 Å². The SMILES string of the molecule is Cc1cc([N+]([O-])=Nc2ccc(N=Nc3ccccc3)cc2)ccc1N=Nc1ccc(N=Nc2ccccc2)cc1. The van der Waals surface area contributed by atoms with Crippen LogP contribution in [-0.2, 0) is 0 Å². The van der Waals surface area contributed by atoms with Gasteiger partial charge in [-0.25, -0.2) is 0 Å². The third-order valence-electron chi connectivity index (χ3n) is 5.65. The van der Waals surface area contributed by atoms with Gasteiger partial charge in [0.15, 0.2) is 0 Å². The third-order valence-corrected chi connectivity index (χ3v) is 5.65. The van der Waals surface area contributed by atoms with Crippen LogP contribution in [0.5, 0.6) is 0 Å². The van der Waals surface area contributed by atoms with Crippen LogP contribution < -0.4 is 0 Å². The van der Waals surface area contributed by atoms with Crippen molar-refractivity contribution in [1.29, 1.82) is 0 Å². The standard InChI is InChI=1S/C31H24N8O/c1-23-22-30(39(40)38-29-18-16-27(17-19-29)35-33-25-10-6-3-7-11-25)20-21-31(23)37-36-28-14-12-26(13-15-28)34-32-24-8-4-2-5-9-24/h2-22H,1H3. The van der Waals surface area contributed by atoms with Gasteiger partial charge in [0.1, 0.15) is 5.69 Å². The van der Waals surface area contributed by atoms with E-state index >= 15 is 0 Å². The van der Waals surface area contributed by atoms with E-state index in [1.165, 1.54) is 0 Å². The van der Waals surface area contributed by atoms with E-state index in [2.05, 4.69) is 35.8 Å². The van der Waals surface area contributed by atoms with E-state index < -0.39 is 0 Å². The van der Waals surface area contributed by atoms with Crippen molar-refractivity contribution in [2.75, 3.05) is 0 Å². The smallest absolute Gasteiger partial charge is 0.245 e. The van der Waals surface area contributed by atoms with Crippen LogP contribution in [0.15, 0.2) is 163 Å². The normalized spacial score (nSPS) is 12.1. The van der Waals surface area contributed by atoms with Crippen LogP contribution in [0.3, 0.4) is 0 Å². The Hall–Kier alpha value is -5.70. The molecule has 0 bridgehead atoms. The zero-order valence-electron chi connectivity index (χ0n) is 21.6. The summed E-state index contributed by atoms with van der Waals surface area (Å²) in [5, 5.41) is 42.3. The molecule has 5 aromatic carbocycles. The Morgan fingerprint density at radius 3 is 1.30 bits per heavy atom. The summed E-state index contributed by atoms with van der Waals surface area (Å²) in [6, 6.07) is 38.4. The van der Waals surface area contributed by atoms with E-state index in [9.17, 15) is 5.21 Å². The number of hydrogen-bond donors (Lipinski definition) is 0. The maximum absolute atomic E-state index is 12.7. The van der Waals surface area contributed by atoms with Crippen molar-refractivity contribution in [3.05, 3.63) is 138 Å². The summed E-state index contributed by atoms with van der Waals surface area (Å²) in [5.41, 5.74) is 5.94. The molecule has 0 atom stereocenters. The molecule has 9 heteroatoms. The second kappa shape index (κ2) is 12.7. The Morgan fingerprint density at radius 1 is 0.450 bits per heavy atom. The quantitative estimate of drug-likeness (QED) is 0.112. The molecule has 0 aromatic heterocycles. The van der Waals surface area contributed by atoms with Crippen LogP contribution in [0.4, 0.5) is 45.5 Å². The van der Waals surface area contributed by atoms with Crippen molar-refractivity contribution in [2.24, 2.45) is 35.8 Å². The molecule has 9 nitrogen and oxygen atoms in total. The molecule has 0 unspecified atom stereocenters. The summed E-state index contributed by atoms with van der Waals surface area (Å²) >= 11 is 0. The van der Waals surface area contributed by atoms with Crippen LogP contribution in [0.1, 0.15) is 5.56 Å². The molecule has 5 aromatic rings. The predicted octanol–water partition coefficient (Wildman–Crippen LogP) is 11.2. The Balaban J connectivity index is 1.21. The van der Waals surface area contributed by atoms with Gasteiger partial charge in [0.2, 0.25) is 5.69 Å². The van der Waals surface area contributed by atoms with Gasteiger partial charge in [0, 0.05) is 17.2 Å². The highest BCUT2D eigenvalue weighted by Crippen LogP contribution is 2.29. The molecular weight excluding hydrogens is 500 g/mol. The van der Waals surface area contributed by atoms with E-state index in [0.29, 0.717) is 39.0 Å². The Bertz CT molecular complexity index is 1680. The second-order valence-corrected chi connectivity index (χ2v) is 8.65. The summed E-state index contributed by atoms with van der Waals surface area (Å²) in [5.74, 6) is 0. The van der Waals surface area contributed by atoms with Gasteiger partial charge in [-0.15, -0.1) is 0 Å². The van der Waals surface area contributed by atoms with Crippen molar-refractivity contribution in [2.45, 2.75) is 6.92 Å². The molecule has 40 heavy (non-hydrogen) atoms. The fraction of sp³-hybridized carbons (Fsp3) is 0.0323. The maximum atomic E-state index is 12.7. The Kier molecular flexibility index (Phi) is 8.23. The van der Waals surface area contributed by atoms with Crippen molar-refractivity contribution >= 4 is 45.5 Å². The van der Waals surface area contributed by atoms with Gasteiger partial charge >= 0.3 is 0 Å². The van der Waals surface area contributed by atoms with Crippen LogP contribution in [0.25, 0.3) is 0 Å². The lowest BCUT2D eigenvalue weighted by atomic mass is 10.2. The number of azo groups is 4. The molecule has 194 valence electrons. The van der Waals surface area contributed by atoms with Crippen molar-refractivity contribution in [3.63, 3.8) is 0 Å². The number of nitrogens with zero attached hydrogens (tertiary/aromatic N) is 8. The highest BCUT2D eigenvalue weighted by Gasteiger charge is 2.08. The molecule has 0 saturated carbocycles. The fourth-order valence-corrected chi connectivity index (χ4v) is 3.54. The lowest BCUT2D eigenvalue weighted by Crippen LogP contribution is -1.91. The number of hydrogen-bond acceptors (Lipinski definition) is 8. The van der Waals surface area contributed by atoms with Gasteiger partial charge < -0.3 is 5.21 Å². The zero-order chi connectivity index (χ0) is 27.6. The molecule has 0 heterocycles. The fourth-order valence-electron chi connectivity index (χ4n) is 3.54. The topological polar surface area (TPSA) is 113 Å². The predicted molar refractivity (Wildman–Crippen MR) is 155 cm³/mol. The number of benzene rings is 5. The first-order valence-electron chi connectivity index (χ1n) is 12.5. The molecule has 0 saturated heterocycles. The third kappa shape index (κ3) is 7.20. The first-order chi connectivity index (χ1) is 19.6. The average Bonchev–Trinajstić information content (AvgIpc) is 3.00.